The maximum absolute atomic E-state index is 13.1. The highest BCUT2D eigenvalue weighted by molar-refractivity contribution is 6.23. The summed E-state index contributed by atoms with van der Waals surface area (Å²) in [7, 11) is 1.41. The van der Waals surface area contributed by atoms with Crippen molar-refractivity contribution in [1.29, 1.82) is 0 Å². The molecule has 0 aromatic heterocycles. The molecule has 6 rings (SSSR count). The summed E-state index contributed by atoms with van der Waals surface area (Å²) in [6, 6.07) is 4.22. The number of amides is 2. The number of anilines is 1. The lowest BCUT2D eigenvalue weighted by molar-refractivity contribution is -0.384. The number of hydrogen-bond donors (Lipinski definition) is 0. The summed E-state index contributed by atoms with van der Waals surface area (Å²) >= 11 is 0. The molecule has 0 N–H and O–H groups in total. The molecule has 4 aliphatic carbocycles. The molecule has 0 spiro atoms. The highest BCUT2D eigenvalue weighted by Gasteiger charge is 2.67. The zero-order valence-electron chi connectivity index (χ0n) is 13.5. The summed E-state index contributed by atoms with van der Waals surface area (Å²) in [5.41, 5.74) is -0.242. The van der Waals surface area contributed by atoms with E-state index in [4.69, 9.17) is 4.74 Å². The van der Waals surface area contributed by atoms with Crippen molar-refractivity contribution in [1.82, 2.24) is 0 Å². The van der Waals surface area contributed by atoms with Crippen LogP contribution in [0.4, 0.5) is 11.4 Å². The van der Waals surface area contributed by atoms with Gasteiger partial charge in [-0.3, -0.25) is 19.7 Å². The third-order valence-corrected chi connectivity index (χ3v) is 6.28. The van der Waals surface area contributed by atoms with Crippen molar-refractivity contribution in [2.45, 2.75) is 6.42 Å². The Labute approximate surface area is 143 Å². The molecule has 25 heavy (non-hydrogen) atoms. The Morgan fingerprint density at radius 1 is 1.12 bits per heavy atom. The number of imide groups is 1. The molecule has 128 valence electrons. The highest BCUT2D eigenvalue weighted by atomic mass is 16.6. The number of nitro benzene ring substituents is 1. The van der Waals surface area contributed by atoms with Gasteiger partial charge in [0.1, 0.15) is 11.4 Å². The summed E-state index contributed by atoms with van der Waals surface area (Å²) in [5, 5.41) is 11.5. The number of carbonyl (C=O) groups excluding carboxylic acids is 2. The van der Waals surface area contributed by atoms with Gasteiger partial charge in [0.05, 0.1) is 29.9 Å². The number of ether oxygens (including phenoxy) is 1. The van der Waals surface area contributed by atoms with Crippen LogP contribution in [0, 0.1) is 45.6 Å². The average molecular weight is 340 g/mol. The van der Waals surface area contributed by atoms with Crippen LogP contribution in [0.3, 0.4) is 0 Å². The van der Waals surface area contributed by atoms with Crippen LogP contribution in [-0.2, 0) is 9.59 Å². The molecule has 2 bridgehead atoms. The first kappa shape index (κ1) is 14.6. The van der Waals surface area contributed by atoms with Crippen molar-refractivity contribution in [3.63, 3.8) is 0 Å². The lowest BCUT2D eigenvalue weighted by Gasteiger charge is -2.37. The number of nitrogens with zero attached hydrogens (tertiary/aromatic N) is 2. The maximum atomic E-state index is 13.1. The molecule has 0 unspecified atom stereocenters. The minimum Gasteiger partial charge on any atom is -0.496 e. The van der Waals surface area contributed by atoms with Crippen molar-refractivity contribution in [2.75, 3.05) is 12.0 Å². The summed E-state index contributed by atoms with van der Waals surface area (Å²) < 4.78 is 5.03. The number of benzene rings is 1. The number of allylic oxidation sites excluding steroid dienone is 2. The molecule has 1 aromatic carbocycles. The Balaban J connectivity index is 1.60. The van der Waals surface area contributed by atoms with Crippen LogP contribution in [0.2, 0.25) is 0 Å². The van der Waals surface area contributed by atoms with Gasteiger partial charge in [0.15, 0.2) is 0 Å². The Bertz CT molecular complexity index is 827. The standard InChI is InChI=1S/C18H16N2O5/c1-25-8-2-5-13(14(6-8)20(23)24)19-17(21)15-9-3-4-10(12-7-11(9)12)16(15)18(19)22/h2-6,9-12,15-16H,7H2,1H3/t9-,10-,11-,12+,15-,16-/m1/s1. The predicted octanol–water partition coefficient (Wildman–Crippen LogP) is 2.16. The number of rotatable bonds is 3. The van der Waals surface area contributed by atoms with Gasteiger partial charge in [-0.15, -0.1) is 0 Å². The fraction of sp³-hybridized carbons (Fsp3) is 0.444. The van der Waals surface area contributed by atoms with Crippen molar-refractivity contribution in [3.8, 4) is 5.75 Å². The largest absolute Gasteiger partial charge is 0.496 e. The summed E-state index contributed by atoms with van der Waals surface area (Å²) in [4.78, 5) is 38.0. The van der Waals surface area contributed by atoms with Gasteiger partial charge < -0.3 is 4.74 Å². The fourth-order valence-electron chi connectivity index (χ4n) is 5.16. The van der Waals surface area contributed by atoms with E-state index < -0.39 is 4.92 Å². The quantitative estimate of drug-likeness (QED) is 0.364. The third kappa shape index (κ3) is 1.75. The summed E-state index contributed by atoms with van der Waals surface area (Å²) in [5.74, 6) is 0.173. The van der Waals surface area contributed by atoms with Crippen LogP contribution in [0.5, 0.6) is 5.75 Å². The van der Waals surface area contributed by atoms with Crippen LogP contribution in [0.1, 0.15) is 6.42 Å². The first-order valence-electron chi connectivity index (χ1n) is 8.41. The van der Waals surface area contributed by atoms with E-state index in [0.29, 0.717) is 17.6 Å². The van der Waals surface area contributed by atoms with Gasteiger partial charge in [0, 0.05) is 0 Å². The maximum Gasteiger partial charge on any atom is 0.297 e. The van der Waals surface area contributed by atoms with E-state index >= 15 is 0 Å². The Kier molecular flexibility index (Phi) is 2.74. The lowest BCUT2D eigenvalue weighted by atomic mass is 9.63. The van der Waals surface area contributed by atoms with Crippen LogP contribution in [0.25, 0.3) is 0 Å². The smallest absolute Gasteiger partial charge is 0.297 e. The van der Waals surface area contributed by atoms with Gasteiger partial charge in [-0.1, -0.05) is 12.2 Å². The fourth-order valence-corrected chi connectivity index (χ4v) is 5.16. The molecular formula is C18H16N2O5. The van der Waals surface area contributed by atoms with Gasteiger partial charge in [-0.25, -0.2) is 4.90 Å². The molecule has 1 aliphatic heterocycles. The van der Waals surface area contributed by atoms with Gasteiger partial charge in [0.2, 0.25) is 11.8 Å². The predicted molar refractivity (Wildman–Crippen MR) is 86.8 cm³/mol. The zero-order valence-corrected chi connectivity index (χ0v) is 13.5. The van der Waals surface area contributed by atoms with E-state index in [0.717, 1.165) is 11.3 Å². The molecule has 1 aromatic rings. The van der Waals surface area contributed by atoms with Crippen molar-refractivity contribution in [2.24, 2.45) is 35.5 Å². The van der Waals surface area contributed by atoms with Gasteiger partial charge in [-0.2, -0.15) is 0 Å². The summed E-state index contributed by atoms with van der Waals surface area (Å²) in [6.45, 7) is 0. The van der Waals surface area contributed by atoms with Gasteiger partial charge >= 0.3 is 0 Å². The number of methoxy groups -OCH3 is 1. The van der Waals surface area contributed by atoms with E-state index in [2.05, 4.69) is 12.2 Å². The Hall–Kier alpha value is -2.70. The van der Waals surface area contributed by atoms with E-state index in [1.807, 2.05) is 0 Å². The van der Waals surface area contributed by atoms with E-state index in [-0.39, 0.29) is 46.9 Å². The second kappa shape index (κ2) is 4.68. The average Bonchev–Trinajstić information content (AvgIpc) is 3.39. The zero-order chi connectivity index (χ0) is 17.5. The second-order valence-corrected chi connectivity index (χ2v) is 7.28. The molecule has 3 fully saturated rings. The minimum absolute atomic E-state index is 0.0447. The SMILES string of the molecule is COc1ccc(N2C(=O)[C@@H]3[C@@H]4C=C[C@H]([C@@H]5C[C@H]45)[C@H]3C2=O)c([N+](=O)[O-])c1. The lowest BCUT2D eigenvalue weighted by Crippen LogP contribution is -2.40. The monoisotopic (exact) mass is 340 g/mol. The molecule has 2 amide bonds. The molecule has 1 saturated heterocycles. The van der Waals surface area contributed by atoms with Gasteiger partial charge in [0.25, 0.3) is 5.69 Å². The molecule has 5 aliphatic rings. The normalized spacial score (nSPS) is 37.1. The van der Waals surface area contributed by atoms with Crippen LogP contribution in [0.15, 0.2) is 30.4 Å². The first-order chi connectivity index (χ1) is 12.0. The van der Waals surface area contributed by atoms with E-state index in [1.165, 1.54) is 25.3 Å². The summed E-state index contributed by atoms with van der Waals surface area (Å²) in [6.07, 6.45) is 5.24. The molecule has 2 saturated carbocycles. The Morgan fingerprint density at radius 2 is 1.72 bits per heavy atom. The van der Waals surface area contributed by atoms with Crippen LogP contribution < -0.4 is 9.64 Å². The molecule has 7 heteroatoms. The van der Waals surface area contributed by atoms with Crippen molar-refractivity contribution in [3.05, 3.63) is 40.5 Å². The molecule has 7 nitrogen and oxygen atoms in total. The first-order valence-corrected chi connectivity index (χ1v) is 8.41. The second-order valence-electron chi connectivity index (χ2n) is 7.28. The van der Waals surface area contributed by atoms with Crippen molar-refractivity contribution >= 4 is 23.2 Å². The molecule has 0 radical (unpaired) electrons. The molecule has 6 atom stereocenters. The number of hydrogen-bond acceptors (Lipinski definition) is 5. The molecular weight excluding hydrogens is 324 g/mol. The third-order valence-electron chi connectivity index (χ3n) is 6.28. The highest BCUT2D eigenvalue weighted by Crippen LogP contribution is 2.65. The van der Waals surface area contributed by atoms with Crippen molar-refractivity contribution < 1.29 is 19.2 Å². The molecule has 1 heterocycles. The Morgan fingerprint density at radius 3 is 2.24 bits per heavy atom. The van der Waals surface area contributed by atoms with E-state index in [9.17, 15) is 19.7 Å². The minimum atomic E-state index is -0.579. The number of nitro groups is 1. The van der Waals surface area contributed by atoms with Crippen LogP contribution >= 0.6 is 0 Å². The van der Waals surface area contributed by atoms with E-state index in [1.54, 1.807) is 0 Å². The number of carbonyl (C=O) groups is 2. The topological polar surface area (TPSA) is 89.8 Å². The van der Waals surface area contributed by atoms with Gasteiger partial charge in [-0.05, 0) is 42.2 Å². The van der Waals surface area contributed by atoms with Crippen LogP contribution in [-0.4, -0.2) is 23.8 Å².